The highest BCUT2D eigenvalue weighted by Crippen LogP contribution is 2.33. The Hall–Kier alpha value is -0.670. The largest absolute Gasteiger partial charge is 0.404 e. The van der Waals surface area contributed by atoms with Gasteiger partial charge in [-0.05, 0) is 18.7 Å². The van der Waals surface area contributed by atoms with Crippen molar-refractivity contribution in [2.24, 2.45) is 5.73 Å². The van der Waals surface area contributed by atoms with Crippen molar-refractivity contribution in [3.8, 4) is 0 Å². The molecule has 4 heteroatoms. The first kappa shape index (κ1) is 8.43. The van der Waals surface area contributed by atoms with Gasteiger partial charge in [0.1, 0.15) is 0 Å². The molecule has 0 fully saturated rings. The normalized spacial score (nSPS) is 12.0. The summed E-state index contributed by atoms with van der Waals surface area (Å²) in [6.07, 6.45) is 1.53. The lowest BCUT2D eigenvalue weighted by atomic mass is 10.2. The van der Waals surface area contributed by atoms with Crippen LogP contribution in [0.4, 0.5) is 5.69 Å². The van der Waals surface area contributed by atoms with Gasteiger partial charge in [-0.1, -0.05) is 11.6 Å². The summed E-state index contributed by atoms with van der Waals surface area (Å²) in [5.74, 6) is 0. The van der Waals surface area contributed by atoms with Crippen molar-refractivity contribution in [2.75, 3.05) is 5.73 Å². The molecule has 1 rings (SSSR count). The van der Waals surface area contributed by atoms with Crippen molar-refractivity contribution in [2.45, 2.75) is 6.92 Å². The van der Waals surface area contributed by atoms with E-state index in [1.807, 2.05) is 6.92 Å². The zero-order chi connectivity index (χ0) is 8.43. The lowest BCUT2D eigenvalue weighted by Crippen LogP contribution is -1.89. The van der Waals surface area contributed by atoms with Crippen molar-refractivity contribution in [1.82, 2.24) is 0 Å². The lowest BCUT2D eigenvalue weighted by molar-refractivity contribution is 1.56. The molecule has 1 heterocycles. The van der Waals surface area contributed by atoms with Crippen molar-refractivity contribution in [3.05, 3.63) is 21.5 Å². The van der Waals surface area contributed by atoms with Crippen LogP contribution in [0.1, 0.15) is 11.8 Å². The van der Waals surface area contributed by atoms with E-state index in [1.54, 1.807) is 5.38 Å². The summed E-state index contributed by atoms with van der Waals surface area (Å²) in [7, 11) is 0. The van der Waals surface area contributed by atoms with Gasteiger partial charge in [-0.25, -0.2) is 0 Å². The van der Waals surface area contributed by atoms with Crippen LogP contribution in [0.3, 0.4) is 0 Å². The molecule has 0 radical (unpaired) electrons. The molecule has 1 aromatic heterocycles. The van der Waals surface area contributed by atoms with Gasteiger partial charge in [0.25, 0.3) is 0 Å². The summed E-state index contributed by atoms with van der Waals surface area (Å²) in [6, 6.07) is 0. The summed E-state index contributed by atoms with van der Waals surface area (Å²) in [6.45, 7) is 1.90. The summed E-state index contributed by atoms with van der Waals surface area (Å²) in [5.41, 5.74) is 12.6. The van der Waals surface area contributed by atoms with E-state index in [0.29, 0.717) is 10.7 Å². The van der Waals surface area contributed by atoms with Crippen molar-refractivity contribution >= 4 is 34.2 Å². The van der Waals surface area contributed by atoms with Crippen molar-refractivity contribution < 1.29 is 0 Å². The second-order valence-electron chi connectivity index (χ2n) is 2.18. The molecule has 2 nitrogen and oxygen atoms in total. The molecule has 0 saturated carbocycles. The Balaban J connectivity index is 3.15. The Morgan fingerprint density at radius 2 is 2.36 bits per heavy atom. The lowest BCUT2D eigenvalue weighted by Gasteiger charge is -1.96. The summed E-state index contributed by atoms with van der Waals surface area (Å²) >= 11 is 7.25. The van der Waals surface area contributed by atoms with E-state index in [4.69, 9.17) is 23.1 Å². The highest BCUT2D eigenvalue weighted by molar-refractivity contribution is 7.12. The Kier molecular flexibility index (Phi) is 2.42. The van der Waals surface area contributed by atoms with E-state index in [9.17, 15) is 0 Å². The minimum atomic E-state index is 0.603. The minimum Gasteiger partial charge on any atom is -0.404 e. The second kappa shape index (κ2) is 3.15. The number of halogens is 1. The van der Waals surface area contributed by atoms with Gasteiger partial charge in [0.15, 0.2) is 0 Å². The van der Waals surface area contributed by atoms with E-state index >= 15 is 0 Å². The van der Waals surface area contributed by atoms with Crippen molar-refractivity contribution in [1.29, 1.82) is 0 Å². The molecule has 0 saturated heterocycles. The van der Waals surface area contributed by atoms with E-state index in [1.165, 1.54) is 17.5 Å². The standard InChI is InChI=1S/C7H9ClN2S/c1-4(2-9)7-6(10)5(8)3-11-7/h2-3H,9-10H2,1H3/b4-2-. The van der Waals surface area contributed by atoms with Gasteiger partial charge in [0.05, 0.1) is 15.6 Å². The summed E-state index contributed by atoms with van der Waals surface area (Å²) in [5, 5.41) is 2.41. The van der Waals surface area contributed by atoms with Gasteiger partial charge in [-0.3, -0.25) is 0 Å². The van der Waals surface area contributed by atoms with Crippen LogP contribution in [0.15, 0.2) is 11.6 Å². The van der Waals surface area contributed by atoms with Gasteiger partial charge >= 0.3 is 0 Å². The molecule has 0 spiro atoms. The van der Waals surface area contributed by atoms with Gasteiger partial charge in [0, 0.05) is 5.38 Å². The van der Waals surface area contributed by atoms with Gasteiger partial charge in [-0.2, -0.15) is 0 Å². The third-order valence-corrected chi connectivity index (χ3v) is 2.96. The van der Waals surface area contributed by atoms with E-state index in [-0.39, 0.29) is 0 Å². The fourth-order valence-electron chi connectivity index (χ4n) is 0.727. The Morgan fingerprint density at radius 1 is 1.73 bits per heavy atom. The number of hydrogen-bond acceptors (Lipinski definition) is 3. The predicted octanol–water partition coefficient (Wildman–Crippen LogP) is 2.30. The fraction of sp³-hybridized carbons (Fsp3) is 0.143. The molecule has 11 heavy (non-hydrogen) atoms. The summed E-state index contributed by atoms with van der Waals surface area (Å²) in [4.78, 5) is 0.956. The molecule has 0 aliphatic heterocycles. The van der Waals surface area contributed by atoms with Gasteiger partial charge in [0.2, 0.25) is 0 Å². The molecule has 60 valence electrons. The first-order chi connectivity index (χ1) is 5.16. The quantitative estimate of drug-likeness (QED) is 0.711. The number of nitrogen functional groups attached to an aromatic ring is 1. The van der Waals surface area contributed by atoms with Crippen molar-refractivity contribution in [3.63, 3.8) is 0 Å². The molecule has 0 amide bonds. The molecule has 0 bridgehead atoms. The first-order valence-electron chi connectivity index (χ1n) is 3.08. The third kappa shape index (κ3) is 1.49. The number of thiophene rings is 1. The minimum absolute atomic E-state index is 0.603. The van der Waals surface area contributed by atoms with E-state index in [2.05, 4.69) is 0 Å². The maximum absolute atomic E-state index is 5.75. The molecule has 0 atom stereocenters. The van der Waals surface area contributed by atoms with Crippen LogP contribution in [-0.2, 0) is 0 Å². The third-order valence-electron chi connectivity index (χ3n) is 1.39. The average molecular weight is 189 g/mol. The highest BCUT2D eigenvalue weighted by Gasteiger charge is 2.06. The Bertz CT molecular complexity index is 291. The van der Waals surface area contributed by atoms with E-state index in [0.717, 1.165) is 10.5 Å². The maximum atomic E-state index is 5.75. The molecule has 0 aliphatic rings. The van der Waals surface area contributed by atoms with Crippen LogP contribution in [0.25, 0.3) is 5.57 Å². The van der Waals surface area contributed by atoms with Crippen LogP contribution in [0, 0.1) is 0 Å². The van der Waals surface area contributed by atoms with Gasteiger partial charge in [-0.15, -0.1) is 11.3 Å². The number of allylic oxidation sites excluding steroid dienone is 1. The average Bonchev–Trinajstić information content (AvgIpc) is 2.32. The molecule has 1 aromatic rings. The Morgan fingerprint density at radius 3 is 2.73 bits per heavy atom. The second-order valence-corrected chi connectivity index (χ2v) is 3.46. The van der Waals surface area contributed by atoms with E-state index < -0.39 is 0 Å². The predicted molar refractivity (Wildman–Crippen MR) is 51.6 cm³/mol. The SMILES string of the molecule is C/C(=C/N)c1scc(Cl)c1N. The smallest absolute Gasteiger partial charge is 0.0749 e. The van der Waals surface area contributed by atoms with Crippen LogP contribution >= 0.6 is 22.9 Å². The molecule has 0 aromatic carbocycles. The Labute approximate surface area is 74.5 Å². The topological polar surface area (TPSA) is 52.0 Å². The number of rotatable bonds is 1. The molecule has 0 unspecified atom stereocenters. The highest BCUT2D eigenvalue weighted by atomic mass is 35.5. The van der Waals surface area contributed by atoms with Gasteiger partial charge < -0.3 is 11.5 Å². The number of nitrogens with two attached hydrogens (primary N) is 2. The van der Waals surface area contributed by atoms with Crippen LogP contribution in [0.5, 0.6) is 0 Å². The van der Waals surface area contributed by atoms with Crippen LogP contribution in [-0.4, -0.2) is 0 Å². The fourth-order valence-corrected chi connectivity index (χ4v) is 1.85. The maximum Gasteiger partial charge on any atom is 0.0749 e. The monoisotopic (exact) mass is 188 g/mol. The molecular weight excluding hydrogens is 180 g/mol. The molecule has 4 N–H and O–H groups in total. The zero-order valence-electron chi connectivity index (χ0n) is 6.10. The van der Waals surface area contributed by atoms with Crippen LogP contribution in [0.2, 0.25) is 5.02 Å². The zero-order valence-corrected chi connectivity index (χ0v) is 7.67. The van der Waals surface area contributed by atoms with Crippen LogP contribution < -0.4 is 11.5 Å². The number of hydrogen-bond donors (Lipinski definition) is 2. The molecule has 0 aliphatic carbocycles. The summed E-state index contributed by atoms with van der Waals surface area (Å²) < 4.78 is 0. The molecular formula is C7H9ClN2S. The number of anilines is 1. The first-order valence-corrected chi connectivity index (χ1v) is 4.34.